The molecule has 0 bridgehead atoms. The van der Waals surface area contributed by atoms with Crippen molar-refractivity contribution in [2.24, 2.45) is 0 Å². The van der Waals surface area contributed by atoms with E-state index in [1.165, 1.54) is 0 Å². The van der Waals surface area contributed by atoms with Crippen LogP contribution in [0.1, 0.15) is 22.3 Å². The minimum absolute atomic E-state index is 0.799. The Morgan fingerprint density at radius 3 is 1.00 bits per heavy atom. The molecule has 0 heterocycles. The SMILES string of the molecule is C(#Cc1ccc(-c2ccccc2Oc2ccccc2-c2ccc(C#Cc3ccccc3)cc2)cc1)c1ccccc1. The minimum atomic E-state index is 0.799. The Kier molecular flexibility index (Phi) is 7.72. The molecule has 0 amide bonds. The van der Waals surface area contributed by atoms with Crippen molar-refractivity contribution in [2.75, 3.05) is 0 Å². The second-order valence-corrected chi connectivity index (χ2v) is 9.48. The third kappa shape index (κ3) is 6.46. The summed E-state index contributed by atoms with van der Waals surface area (Å²) in [6.07, 6.45) is 0. The fourth-order valence-electron chi connectivity index (χ4n) is 4.50. The molecule has 0 radical (unpaired) electrons. The molecule has 0 aliphatic heterocycles. The number of benzene rings is 6. The van der Waals surface area contributed by atoms with Gasteiger partial charge in [0.1, 0.15) is 11.5 Å². The van der Waals surface area contributed by atoms with Crippen LogP contribution in [0, 0.1) is 23.7 Å². The number of hydrogen-bond donors (Lipinski definition) is 0. The maximum Gasteiger partial charge on any atom is 0.135 e. The highest BCUT2D eigenvalue weighted by atomic mass is 16.5. The van der Waals surface area contributed by atoms with Crippen LogP contribution < -0.4 is 4.74 Å². The van der Waals surface area contributed by atoms with Crippen LogP contribution in [-0.2, 0) is 0 Å². The van der Waals surface area contributed by atoms with Gasteiger partial charge in [-0.15, -0.1) is 0 Å². The molecule has 0 unspecified atom stereocenters. The summed E-state index contributed by atoms with van der Waals surface area (Å²) >= 11 is 0. The Morgan fingerprint density at radius 2 is 0.610 bits per heavy atom. The van der Waals surface area contributed by atoms with Crippen molar-refractivity contribution >= 4 is 0 Å². The molecule has 6 rings (SSSR count). The van der Waals surface area contributed by atoms with Crippen LogP contribution >= 0.6 is 0 Å². The van der Waals surface area contributed by atoms with Crippen LogP contribution in [-0.4, -0.2) is 0 Å². The van der Waals surface area contributed by atoms with Gasteiger partial charge >= 0.3 is 0 Å². The van der Waals surface area contributed by atoms with Gasteiger partial charge in [-0.2, -0.15) is 0 Å². The van der Waals surface area contributed by atoms with E-state index in [4.69, 9.17) is 4.74 Å². The molecule has 0 aliphatic carbocycles. The Labute approximate surface area is 241 Å². The topological polar surface area (TPSA) is 9.23 Å². The zero-order chi connectivity index (χ0) is 27.7. The average Bonchev–Trinajstić information content (AvgIpc) is 3.05. The molecule has 0 fully saturated rings. The van der Waals surface area contributed by atoms with Gasteiger partial charge < -0.3 is 4.74 Å². The van der Waals surface area contributed by atoms with Crippen molar-refractivity contribution in [2.45, 2.75) is 0 Å². The molecular weight excluding hydrogens is 496 g/mol. The van der Waals surface area contributed by atoms with Gasteiger partial charge in [0, 0.05) is 33.4 Å². The lowest BCUT2D eigenvalue weighted by atomic mass is 10.0. The molecule has 6 aromatic rings. The zero-order valence-corrected chi connectivity index (χ0v) is 22.4. The van der Waals surface area contributed by atoms with E-state index in [0.29, 0.717) is 0 Å². The number of rotatable bonds is 4. The van der Waals surface area contributed by atoms with Gasteiger partial charge in [0.05, 0.1) is 0 Å². The summed E-state index contributed by atoms with van der Waals surface area (Å²) in [5, 5.41) is 0. The van der Waals surface area contributed by atoms with Crippen molar-refractivity contribution in [1.29, 1.82) is 0 Å². The molecule has 0 saturated heterocycles. The van der Waals surface area contributed by atoms with E-state index in [-0.39, 0.29) is 0 Å². The normalized spacial score (nSPS) is 10.0. The molecule has 41 heavy (non-hydrogen) atoms. The van der Waals surface area contributed by atoms with Crippen molar-refractivity contribution < 1.29 is 4.74 Å². The lowest BCUT2D eigenvalue weighted by Crippen LogP contribution is -1.91. The summed E-state index contributed by atoms with van der Waals surface area (Å²) in [5.74, 6) is 14.5. The van der Waals surface area contributed by atoms with Crippen LogP contribution in [0.2, 0.25) is 0 Å². The second-order valence-electron chi connectivity index (χ2n) is 9.48. The van der Waals surface area contributed by atoms with Crippen LogP contribution in [0.3, 0.4) is 0 Å². The predicted octanol–water partition coefficient (Wildman–Crippen LogP) is 9.61. The van der Waals surface area contributed by atoms with E-state index in [0.717, 1.165) is 56.0 Å². The highest BCUT2D eigenvalue weighted by molar-refractivity contribution is 5.75. The van der Waals surface area contributed by atoms with E-state index in [9.17, 15) is 0 Å². The number of ether oxygens (including phenoxy) is 1. The van der Waals surface area contributed by atoms with E-state index in [1.54, 1.807) is 0 Å². The summed E-state index contributed by atoms with van der Waals surface area (Å²) in [6, 6.07) is 52.9. The molecule has 0 atom stereocenters. The number of para-hydroxylation sites is 2. The van der Waals surface area contributed by atoms with Crippen LogP contribution in [0.5, 0.6) is 11.5 Å². The fraction of sp³-hybridized carbons (Fsp3) is 0. The smallest absolute Gasteiger partial charge is 0.135 e. The lowest BCUT2D eigenvalue weighted by molar-refractivity contribution is 0.486. The Hall–Kier alpha value is -5.76. The number of hydrogen-bond acceptors (Lipinski definition) is 1. The molecule has 0 aliphatic rings. The first-order chi connectivity index (χ1) is 20.3. The highest BCUT2D eigenvalue weighted by Crippen LogP contribution is 2.38. The van der Waals surface area contributed by atoms with Gasteiger partial charge in [0.25, 0.3) is 0 Å². The van der Waals surface area contributed by atoms with Crippen LogP contribution in [0.25, 0.3) is 22.3 Å². The first-order valence-corrected chi connectivity index (χ1v) is 13.5. The van der Waals surface area contributed by atoms with Gasteiger partial charge in [-0.05, 0) is 71.8 Å². The third-order valence-electron chi connectivity index (χ3n) is 6.64. The van der Waals surface area contributed by atoms with Crippen molar-refractivity contribution in [1.82, 2.24) is 0 Å². The van der Waals surface area contributed by atoms with Gasteiger partial charge in [-0.3, -0.25) is 0 Å². The van der Waals surface area contributed by atoms with Gasteiger partial charge in [-0.1, -0.05) is 121 Å². The maximum absolute atomic E-state index is 6.56. The maximum atomic E-state index is 6.56. The molecule has 0 saturated carbocycles. The van der Waals surface area contributed by atoms with Crippen LogP contribution in [0.4, 0.5) is 0 Å². The summed E-state index contributed by atoms with van der Waals surface area (Å²) in [5.41, 5.74) is 8.14. The van der Waals surface area contributed by atoms with Gasteiger partial charge in [-0.25, -0.2) is 0 Å². The van der Waals surface area contributed by atoms with Crippen molar-refractivity contribution in [3.8, 4) is 57.4 Å². The van der Waals surface area contributed by atoms with E-state index in [2.05, 4.69) is 84.3 Å². The molecule has 1 heteroatoms. The van der Waals surface area contributed by atoms with Gasteiger partial charge in [0.2, 0.25) is 0 Å². The highest BCUT2D eigenvalue weighted by Gasteiger charge is 2.11. The van der Waals surface area contributed by atoms with E-state index < -0.39 is 0 Å². The van der Waals surface area contributed by atoms with E-state index in [1.807, 2.05) is 97.1 Å². The summed E-state index contributed by atoms with van der Waals surface area (Å²) in [4.78, 5) is 0. The largest absolute Gasteiger partial charge is 0.456 e. The van der Waals surface area contributed by atoms with Crippen molar-refractivity contribution in [3.63, 3.8) is 0 Å². The summed E-state index contributed by atoms with van der Waals surface area (Å²) in [6.45, 7) is 0. The molecule has 6 aromatic carbocycles. The fourth-order valence-corrected chi connectivity index (χ4v) is 4.50. The van der Waals surface area contributed by atoms with Crippen molar-refractivity contribution in [3.05, 3.63) is 180 Å². The monoisotopic (exact) mass is 522 g/mol. The lowest BCUT2D eigenvalue weighted by Gasteiger charge is -2.15. The molecular formula is C40H26O. The molecule has 0 aromatic heterocycles. The standard InChI is InChI=1S/C40H26O/c1-3-11-31(12-4-1)19-21-33-23-27-35(28-24-33)37-15-7-9-17-39(37)41-40-18-10-8-16-38(40)36-29-25-34(26-30-36)22-20-32-13-5-2-6-14-32/h1-18,23-30H. The quantitative estimate of drug-likeness (QED) is 0.209. The van der Waals surface area contributed by atoms with Crippen LogP contribution in [0.15, 0.2) is 158 Å². The van der Waals surface area contributed by atoms with Gasteiger partial charge in [0.15, 0.2) is 0 Å². The molecule has 0 N–H and O–H groups in total. The predicted molar refractivity (Wildman–Crippen MR) is 169 cm³/mol. The molecule has 0 spiro atoms. The molecule has 192 valence electrons. The zero-order valence-electron chi connectivity index (χ0n) is 22.4. The summed E-state index contributed by atoms with van der Waals surface area (Å²) < 4.78 is 6.56. The Morgan fingerprint density at radius 1 is 0.293 bits per heavy atom. The molecule has 1 nitrogen and oxygen atoms in total. The third-order valence-corrected chi connectivity index (χ3v) is 6.64. The Balaban J connectivity index is 1.23. The second kappa shape index (κ2) is 12.4. The first kappa shape index (κ1) is 25.5. The summed E-state index contributed by atoms with van der Waals surface area (Å²) in [7, 11) is 0. The first-order valence-electron chi connectivity index (χ1n) is 13.5. The Bertz CT molecular complexity index is 1740. The average molecular weight is 523 g/mol. The minimum Gasteiger partial charge on any atom is -0.456 e. The van der Waals surface area contributed by atoms with E-state index >= 15 is 0 Å².